The lowest BCUT2D eigenvalue weighted by Crippen LogP contribution is -2.17. The van der Waals surface area contributed by atoms with E-state index in [4.69, 9.17) is 22.1 Å². The van der Waals surface area contributed by atoms with Gasteiger partial charge in [0.05, 0.1) is 20.6 Å². The van der Waals surface area contributed by atoms with E-state index in [0.29, 0.717) is 16.3 Å². The Morgan fingerprint density at radius 2 is 2.19 bits per heavy atom. The number of hydrogen-bond acceptors (Lipinski definition) is 4. The number of halogens is 1. The molecule has 5 heteroatoms. The van der Waals surface area contributed by atoms with Crippen molar-refractivity contribution in [3.05, 3.63) is 28.8 Å². The van der Waals surface area contributed by atoms with Gasteiger partial charge < -0.3 is 15.2 Å². The molecule has 1 aromatic rings. The Hall–Kier alpha value is -1.26. The third-order valence-corrected chi connectivity index (χ3v) is 2.55. The molecule has 0 saturated carbocycles. The molecule has 16 heavy (non-hydrogen) atoms. The van der Waals surface area contributed by atoms with Crippen LogP contribution in [0.4, 0.5) is 0 Å². The lowest BCUT2D eigenvalue weighted by atomic mass is 10.0. The summed E-state index contributed by atoms with van der Waals surface area (Å²) in [7, 11) is 2.85. The zero-order valence-electron chi connectivity index (χ0n) is 9.20. The number of carbonyl (C=O) groups is 1. The van der Waals surface area contributed by atoms with Crippen LogP contribution in [0.3, 0.4) is 0 Å². The fourth-order valence-corrected chi connectivity index (χ4v) is 1.73. The maximum absolute atomic E-state index is 11.1. The molecular weight excluding hydrogens is 230 g/mol. The van der Waals surface area contributed by atoms with E-state index in [-0.39, 0.29) is 12.4 Å². The highest BCUT2D eigenvalue weighted by molar-refractivity contribution is 6.31. The van der Waals surface area contributed by atoms with Crippen molar-refractivity contribution < 1.29 is 14.3 Å². The summed E-state index contributed by atoms with van der Waals surface area (Å²) in [6.07, 6.45) is 0.0661. The van der Waals surface area contributed by atoms with Crippen molar-refractivity contribution in [1.82, 2.24) is 0 Å². The van der Waals surface area contributed by atoms with Crippen LogP contribution < -0.4 is 10.5 Å². The third kappa shape index (κ3) is 2.87. The van der Waals surface area contributed by atoms with Crippen LogP contribution in [0.5, 0.6) is 5.75 Å². The summed E-state index contributed by atoms with van der Waals surface area (Å²) in [5, 5.41) is 0.482. The summed E-state index contributed by atoms with van der Waals surface area (Å²) >= 11 is 6.02. The van der Waals surface area contributed by atoms with Crippen molar-refractivity contribution in [3.8, 4) is 5.75 Å². The van der Waals surface area contributed by atoms with Crippen LogP contribution in [0, 0.1) is 0 Å². The van der Waals surface area contributed by atoms with Crippen LogP contribution in [0.25, 0.3) is 0 Å². The normalized spacial score (nSPS) is 12.0. The van der Waals surface area contributed by atoms with E-state index in [1.165, 1.54) is 14.2 Å². The second-order valence-corrected chi connectivity index (χ2v) is 3.65. The van der Waals surface area contributed by atoms with Crippen LogP contribution in [0.15, 0.2) is 18.2 Å². The molecule has 1 atom stereocenters. The van der Waals surface area contributed by atoms with Gasteiger partial charge in [0.1, 0.15) is 5.75 Å². The molecule has 0 spiro atoms. The fourth-order valence-electron chi connectivity index (χ4n) is 1.42. The van der Waals surface area contributed by atoms with E-state index in [0.717, 1.165) is 0 Å². The predicted octanol–water partition coefficient (Wildman–Crippen LogP) is 1.91. The molecule has 0 aliphatic heterocycles. The van der Waals surface area contributed by atoms with Gasteiger partial charge in [-0.15, -0.1) is 0 Å². The predicted molar refractivity (Wildman–Crippen MR) is 61.6 cm³/mol. The molecular formula is C11H14ClNO3. The molecule has 0 radical (unpaired) electrons. The maximum atomic E-state index is 11.1. The minimum Gasteiger partial charge on any atom is -0.496 e. The van der Waals surface area contributed by atoms with E-state index in [1.807, 2.05) is 0 Å². The second-order valence-electron chi connectivity index (χ2n) is 3.24. The fraction of sp³-hybridized carbons (Fsp3) is 0.364. The summed E-state index contributed by atoms with van der Waals surface area (Å²) in [5.41, 5.74) is 6.51. The van der Waals surface area contributed by atoms with Gasteiger partial charge in [-0.3, -0.25) is 4.79 Å². The summed E-state index contributed by atoms with van der Waals surface area (Å²) in [5.74, 6) is 0.193. The molecule has 4 nitrogen and oxygen atoms in total. The Morgan fingerprint density at radius 1 is 1.50 bits per heavy atom. The SMILES string of the molecule is COC(=O)C[C@@H](N)c1c(Cl)cccc1OC. The topological polar surface area (TPSA) is 61.5 Å². The quantitative estimate of drug-likeness (QED) is 0.821. The number of rotatable bonds is 4. The van der Waals surface area contributed by atoms with Gasteiger partial charge in [0, 0.05) is 16.6 Å². The molecule has 0 amide bonds. The summed E-state index contributed by atoms with van der Waals surface area (Å²) in [4.78, 5) is 11.1. The van der Waals surface area contributed by atoms with Crippen LogP contribution >= 0.6 is 11.6 Å². The molecule has 2 N–H and O–H groups in total. The third-order valence-electron chi connectivity index (χ3n) is 2.22. The molecule has 1 rings (SSSR count). The number of carbonyl (C=O) groups excluding carboxylic acids is 1. The zero-order chi connectivity index (χ0) is 12.1. The number of methoxy groups -OCH3 is 2. The molecule has 88 valence electrons. The first-order valence-electron chi connectivity index (χ1n) is 4.75. The first kappa shape index (κ1) is 12.8. The first-order valence-corrected chi connectivity index (χ1v) is 5.12. The van der Waals surface area contributed by atoms with Gasteiger partial charge in [-0.1, -0.05) is 17.7 Å². The molecule has 0 unspecified atom stereocenters. The molecule has 0 bridgehead atoms. The number of esters is 1. The monoisotopic (exact) mass is 243 g/mol. The van der Waals surface area contributed by atoms with Crippen molar-refractivity contribution >= 4 is 17.6 Å². The maximum Gasteiger partial charge on any atom is 0.307 e. The van der Waals surface area contributed by atoms with E-state index in [2.05, 4.69) is 4.74 Å². The number of nitrogens with two attached hydrogens (primary N) is 1. The van der Waals surface area contributed by atoms with Gasteiger partial charge in [0.2, 0.25) is 0 Å². The Morgan fingerprint density at radius 3 is 2.75 bits per heavy atom. The molecule has 0 heterocycles. The molecule has 0 fully saturated rings. The molecule has 0 aliphatic carbocycles. The second kappa shape index (κ2) is 5.72. The minimum absolute atomic E-state index is 0.0661. The van der Waals surface area contributed by atoms with Crippen molar-refractivity contribution in [3.63, 3.8) is 0 Å². The lowest BCUT2D eigenvalue weighted by molar-refractivity contribution is -0.141. The van der Waals surface area contributed by atoms with Crippen molar-refractivity contribution in [2.24, 2.45) is 5.73 Å². The van der Waals surface area contributed by atoms with Crippen LogP contribution in [-0.2, 0) is 9.53 Å². The average molecular weight is 244 g/mol. The van der Waals surface area contributed by atoms with E-state index in [1.54, 1.807) is 18.2 Å². The van der Waals surface area contributed by atoms with E-state index >= 15 is 0 Å². The summed E-state index contributed by atoms with van der Waals surface area (Å²) in [6.45, 7) is 0. The van der Waals surface area contributed by atoms with Gasteiger partial charge in [-0.2, -0.15) is 0 Å². The zero-order valence-corrected chi connectivity index (χ0v) is 9.95. The Balaban J connectivity index is 2.97. The van der Waals surface area contributed by atoms with Gasteiger partial charge >= 0.3 is 5.97 Å². The highest BCUT2D eigenvalue weighted by Crippen LogP contribution is 2.32. The Bertz CT molecular complexity index is 381. The van der Waals surface area contributed by atoms with Crippen molar-refractivity contribution in [2.45, 2.75) is 12.5 Å². The lowest BCUT2D eigenvalue weighted by Gasteiger charge is -2.16. The van der Waals surface area contributed by atoms with Crippen LogP contribution in [-0.4, -0.2) is 20.2 Å². The van der Waals surface area contributed by atoms with Gasteiger partial charge in [-0.05, 0) is 12.1 Å². The number of hydrogen-bond donors (Lipinski definition) is 1. The van der Waals surface area contributed by atoms with Crippen molar-refractivity contribution in [1.29, 1.82) is 0 Å². The molecule has 0 aliphatic rings. The highest BCUT2D eigenvalue weighted by atomic mass is 35.5. The standard InChI is InChI=1S/C11H14ClNO3/c1-15-9-5-3-4-7(12)11(9)8(13)6-10(14)16-2/h3-5,8H,6,13H2,1-2H3/t8-/m1/s1. The largest absolute Gasteiger partial charge is 0.496 e. The average Bonchev–Trinajstić information content (AvgIpc) is 2.28. The molecule has 0 saturated heterocycles. The summed E-state index contributed by atoms with van der Waals surface area (Å²) in [6, 6.07) is 4.68. The Kier molecular flexibility index (Phi) is 4.58. The number of benzene rings is 1. The molecule has 0 aromatic heterocycles. The van der Waals surface area contributed by atoms with Crippen LogP contribution in [0.2, 0.25) is 5.02 Å². The highest BCUT2D eigenvalue weighted by Gasteiger charge is 2.18. The van der Waals surface area contributed by atoms with E-state index < -0.39 is 6.04 Å². The first-order chi connectivity index (χ1) is 7.60. The molecule has 1 aromatic carbocycles. The van der Waals surface area contributed by atoms with Gasteiger partial charge in [-0.25, -0.2) is 0 Å². The van der Waals surface area contributed by atoms with Gasteiger partial charge in [0.15, 0.2) is 0 Å². The Labute approximate surface area is 99.3 Å². The summed E-state index contributed by atoms with van der Waals surface area (Å²) < 4.78 is 9.70. The van der Waals surface area contributed by atoms with E-state index in [9.17, 15) is 4.79 Å². The smallest absolute Gasteiger partial charge is 0.307 e. The minimum atomic E-state index is -0.531. The van der Waals surface area contributed by atoms with Gasteiger partial charge in [0.25, 0.3) is 0 Å². The number of ether oxygens (including phenoxy) is 2. The van der Waals surface area contributed by atoms with Crippen molar-refractivity contribution in [2.75, 3.05) is 14.2 Å². The van der Waals surface area contributed by atoms with Crippen LogP contribution in [0.1, 0.15) is 18.0 Å².